The number of carbonyl (C=O) groups excluding carboxylic acids is 1. The maximum Gasteiger partial charge on any atom is 0.573 e. The van der Waals surface area contributed by atoms with E-state index >= 15 is 0 Å². The second kappa shape index (κ2) is 12.4. The third kappa shape index (κ3) is 7.10. The van der Waals surface area contributed by atoms with E-state index in [1.54, 1.807) is 24.3 Å². The van der Waals surface area contributed by atoms with Crippen LogP contribution in [0.15, 0.2) is 47.0 Å². The lowest BCUT2D eigenvalue weighted by Crippen LogP contribution is -2.45. The van der Waals surface area contributed by atoms with Crippen LogP contribution in [-0.4, -0.2) is 65.9 Å². The number of alkyl halides is 3. The van der Waals surface area contributed by atoms with Crippen molar-refractivity contribution in [2.45, 2.75) is 75.6 Å². The normalized spacial score (nSPS) is 21.4. The number of halogens is 3. The van der Waals surface area contributed by atoms with E-state index in [2.05, 4.69) is 20.1 Å². The van der Waals surface area contributed by atoms with Crippen LogP contribution < -0.4 is 15.0 Å². The first-order valence-corrected chi connectivity index (χ1v) is 17.7. The number of piperidine rings is 1. The average Bonchev–Trinajstić information content (AvgIpc) is 3.52. The van der Waals surface area contributed by atoms with Crippen LogP contribution in [-0.2, 0) is 21.5 Å². The maximum absolute atomic E-state index is 13.2. The van der Waals surface area contributed by atoms with E-state index in [0.717, 1.165) is 53.9 Å². The first-order chi connectivity index (χ1) is 22.4. The van der Waals surface area contributed by atoms with Gasteiger partial charge in [0.1, 0.15) is 17.2 Å². The van der Waals surface area contributed by atoms with E-state index in [0.29, 0.717) is 22.6 Å². The quantitative estimate of drug-likeness (QED) is 0.178. The summed E-state index contributed by atoms with van der Waals surface area (Å²) in [5, 5.41) is 7.54. The molecular formula is C31H31F3N4O7S2. The topological polar surface area (TPSA) is 144 Å². The van der Waals surface area contributed by atoms with Crippen molar-refractivity contribution < 1.29 is 44.9 Å². The van der Waals surface area contributed by atoms with Gasteiger partial charge in [-0.15, -0.1) is 13.2 Å². The number of para-hydroxylation sites is 1. The summed E-state index contributed by atoms with van der Waals surface area (Å²) in [6.45, 7) is -0.0462. The number of fused-ring (bicyclic) bond motifs is 3. The van der Waals surface area contributed by atoms with Crippen LogP contribution in [0.25, 0.3) is 21.5 Å². The lowest BCUT2D eigenvalue weighted by molar-refractivity contribution is -0.274. The van der Waals surface area contributed by atoms with E-state index in [9.17, 15) is 26.4 Å². The number of carbonyl (C=O) groups is 1. The van der Waals surface area contributed by atoms with Gasteiger partial charge in [-0.2, -0.15) is 8.42 Å². The van der Waals surface area contributed by atoms with Crippen molar-refractivity contribution in [3.63, 3.8) is 0 Å². The molecule has 2 aromatic carbocycles. The largest absolute Gasteiger partial charge is 0.573 e. The minimum Gasteiger partial charge on any atom is -0.405 e. The summed E-state index contributed by atoms with van der Waals surface area (Å²) in [6.07, 6.45) is 0.360. The van der Waals surface area contributed by atoms with Gasteiger partial charge in [-0.1, -0.05) is 28.6 Å². The third-order valence-corrected chi connectivity index (χ3v) is 10.5. The van der Waals surface area contributed by atoms with Gasteiger partial charge in [0.2, 0.25) is 0 Å². The van der Waals surface area contributed by atoms with Gasteiger partial charge in [0.15, 0.2) is 5.13 Å². The van der Waals surface area contributed by atoms with Crippen molar-refractivity contribution in [2.75, 3.05) is 17.2 Å². The Morgan fingerprint density at radius 3 is 2.55 bits per heavy atom. The van der Waals surface area contributed by atoms with Crippen LogP contribution in [0.2, 0.25) is 0 Å². The summed E-state index contributed by atoms with van der Waals surface area (Å²) >= 11 is 1.49. The van der Waals surface area contributed by atoms with E-state index in [4.69, 9.17) is 18.8 Å². The molecule has 2 aliphatic heterocycles. The highest BCUT2D eigenvalue weighted by atomic mass is 32.2. The van der Waals surface area contributed by atoms with Gasteiger partial charge < -0.3 is 24.2 Å². The van der Waals surface area contributed by atoms with Crippen LogP contribution in [0.1, 0.15) is 66.1 Å². The fourth-order valence-electron chi connectivity index (χ4n) is 6.55. The number of rotatable bonds is 11. The smallest absolute Gasteiger partial charge is 0.405 e. The average molecular weight is 693 g/mol. The standard InChI is InChI=1S/C31H31F3N4O7S2/c32-31(33,34)44-25-4-2-1-3-22(25)27-23(28(45-37-27)17-5-6-17)16-43-21-14-19-8-9-20(15-21)38(19)30-36-24-10-7-18(13-26(24)46-30)29(39)35-11-12-47(40,41)42/h1-4,7,10,13,17,19-21H,5-6,8-9,11-12,14-16H2,(H,35,39)(H,40,41,42). The Balaban J connectivity index is 1.04. The van der Waals surface area contributed by atoms with Crippen molar-refractivity contribution in [1.29, 1.82) is 0 Å². The number of ether oxygens (including phenoxy) is 2. The van der Waals surface area contributed by atoms with Crippen molar-refractivity contribution in [3.8, 4) is 17.0 Å². The molecule has 2 saturated heterocycles. The number of hydrogen-bond donors (Lipinski definition) is 2. The van der Waals surface area contributed by atoms with Gasteiger partial charge in [-0.05, 0) is 68.9 Å². The summed E-state index contributed by atoms with van der Waals surface area (Å²) in [4.78, 5) is 19.7. The fraction of sp³-hybridized carbons (Fsp3) is 0.452. The summed E-state index contributed by atoms with van der Waals surface area (Å²) < 4.78 is 87.5. The second-order valence-corrected chi connectivity index (χ2v) is 14.7. The zero-order valence-corrected chi connectivity index (χ0v) is 26.5. The molecule has 2 aromatic heterocycles. The number of nitrogens with zero attached hydrogens (tertiary/aromatic N) is 3. The van der Waals surface area contributed by atoms with Gasteiger partial charge in [0.05, 0.1) is 28.7 Å². The van der Waals surface area contributed by atoms with Gasteiger partial charge in [-0.25, -0.2) is 4.98 Å². The van der Waals surface area contributed by atoms with E-state index in [1.165, 1.54) is 29.5 Å². The third-order valence-electron chi connectivity index (χ3n) is 8.79. The second-order valence-electron chi connectivity index (χ2n) is 12.1. The summed E-state index contributed by atoms with van der Waals surface area (Å²) in [5.41, 5.74) is 2.27. The SMILES string of the molecule is O=C(NCCS(=O)(=O)O)c1ccc2nc(N3C4CCC3CC(OCc3c(-c5ccccc5OC(F)(F)F)noc3C3CC3)C4)sc2c1. The number of nitrogens with one attached hydrogen (secondary N) is 1. The Labute approximate surface area is 271 Å². The number of benzene rings is 2. The maximum atomic E-state index is 13.2. The highest BCUT2D eigenvalue weighted by molar-refractivity contribution is 7.85. The van der Waals surface area contributed by atoms with E-state index in [1.807, 2.05) is 0 Å². The first kappa shape index (κ1) is 31.8. The molecule has 2 atom stereocenters. The van der Waals surface area contributed by atoms with E-state index < -0.39 is 28.1 Å². The molecule has 47 heavy (non-hydrogen) atoms. The predicted octanol–water partition coefficient (Wildman–Crippen LogP) is 6.06. The van der Waals surface area contributed by atoms with Crippen LogP contribution in [0.3, 0.4) is 0 Å². The first-order valence-electron chi connectivity index (χ1n) is 15.3. The lowest BCUT2D eigenvalue weighted by Gasteiger charge is -2.38. The number of thiazole rings is 1. The molecule has 4 heterocycles. The molecule has 1 amide bonds. The molecule has 2 N–H and O–H groups in total. The summed E-state index contributed by atoms with van der Waals surface area (Å²) in [6, 6.07) is 11.4. The zero-order chi connectivity index (χ0) is 32.9. The van der Waals surface area contributed by atoms with Gasteiger partial charge in [0, 0.05) is 41.2 Å². The highest BCUT2D eigenvalue weighted by Gasteiger charge is 2.43. The molecule has 1 saturated carbocycles. The number of aromatic nitrogens is 2. The summed E-state index contributed by atoms with van der Waals surface area (Å²) in [5.74, 6) is -0.528. The molecule has 3 fully saturated rings. The minimum absolute atomic E-state index is 0.0763. The molecule has 7 rings (SSSR count). The van der Waals surface area contributed by atoms with Crippen LogP contribution >= 0.6 is 11.3 Å². The Hall–Kier alpha value is -3.73. The van der Waals surface area contributed by atoms with Gasteiger partial charge in [0.25, 0.3) is 16.0 Å². The van der Waals surface area contributed by atoms with Crippen LogP contribution in [0.5, 0.6) is 5.75 Å². The molecule has 11 nitrogen and oxygen atoms in total. The molecule has 1 aliphatic carbocycles. The Kier molecular flexibility index (Phi) is 8.39. The lowest BCUT2D eigenvalue weighted by atomic mass is 10.00. The van der Waals surface area contributed by atoms with Gasteiger partial charge >= 0.3 is 6.36 Å². The number of amides is 1. The molecular weight excluding hydrogens is 661 g/mol. The van der Waals surface area contributed by atoms with Crippen molar-refractivity contribution in [3.05, 3.63) is 59.4 Å². The number of anilines is 1. The fourth-order valence-corrected chi connectivity index (χ4v) is 8.06. The molecule has 0 radical (unpaired) electrons. The number of hydrogen-bond acceptors (Lipinski definition) is 10. The predicted molar refractivity (Wildman–Crippen MR) is 166 cm³/mol. The Morgan fingerprint density at radius 1 is 1.11 bits per heavy atom. The molecule has 3 aliphatic rings. The minimum atomic E-state index is -4.85. The molecule has 0 spiro atoms. The van der Waals surface area contributed by atoms with Crippen molar-refractivity contribution >= 4 is 42.7 Å². The zero-order valence-electron chi connectivity index (χ0n) is 24.9. The van der Waals surface area contributed by atoms with E-state index in [-0.39, 0.29) is 48.6 Å². The molecule has 2 unspecified atom stereocenters. The monoisotopic (exact) mass is 692 g/mol. The molecule has 16 heteroatoms. The molecule has 250 valence electrons. The van der Waals surface area contributed by atoms with Gasteiger partial charge in [-0.3, -0.25) is 9.35 Å². The molecule has 2 bridgehead atoms. The highest BCUT2D eigenvalue weighted by Crippen LogP contribution is 2.47. The van der Waals surface area contributed by atoms with Crippen LogP contribution in [0, 0.1) is 0 Å². The van der Waals surface area contributed by atoms with Crippen molar-refractivity contribution in [2.24, 2.45) is 0 Å². The Bertz CT molecular complexity index is 1890. The van der Waals surface area contributed by atoms with Crippen LogP contribution in [0.4, 0.5) is 18.3 Å². The van der Waals surface area contributed by atoms with Crippen molar-refractivity contribution in [1.82, 2.24) is 15.5 Å². The Morgan fingerprint density at radius 2 is 1.85 bits per heavy atom. The molecule has 4 aromatic rings. The summed E-state index contributed by atoms with van der Waals surface area (Å²) in [7, 11) is -4.18.